The number of ether oxygens (including phenoxy) is 3. The molecular weight excluding hydrogens is 518 g/mol. The van der Waals surface area contributed by atoms with Crippen LogP contribution in [0.2, 0.25) is 0 Å². The summed E-state index contributed by atoms with van der Waals surface area (Å²) < 4.78 is 28.5. The molecule has 0 radical (unpaired) electrons. The number of rotatable bonds is 6. The number of carbonyl (C=O) groups is 1. The van der Waals surface area contributed by atoms with Gasteiger partial charge in [-0.1, -0.05) is 12.1 Å². The lowest BCUT2D eigenvalue weighted by Gasteiger charge is -2.37. The van der Waals surface area contributed by atoms with Crippen LogP contribution in [-0.4, -0.2) is 38.2 Å². The number of amides is 1. The SMILES string of the molecule is COc1cc2c(cc1OC)C(COc1cc(=O)oc3ccccc13)N(C(=O)c1ccc(Br)o1)CC2. The van der Waals surface area contributed by atoms with Crippen molar-refractivity contribution >= 4 is 32.8 Å². The van der Waals surface area contributed by atoms with Gasteiger partial charge in [-0.3, -0.25) is 4.79 Å². The Hall–Kier alpha value is -3.72. The van der Waals surface area contributed by atoms with Crippen LogP contribution in [0.1, 0.15) is 27.7 Å². The number of benzene rings is 2. The molecule has 1 atom stereocenters. The third-order valence-electron chi connectivity index (χ3n) is 6.06. The van der Waals surface area contributed by atoms with E-state index in [2.05, 4.69) is 15.9 Å². The summed E-state index contributed by atoms with van der Waals surface area (Å²) >= 11 is 3.26. The van der Waals surface area contributed by atoms with Gasteiger partial charge in [-0.05, 0) is 69.9 Å². The van der Waals surface area contributed by atoms with Crippen LogP contribution in [0.25, 0.3) is 11.0 Å². The Balaban J connectivity index is 1.55. The molecule has 9 heteroatoms. The molecule has 1 unspecified atom stereocenters. The van der Waals surface area contributed by atoms with Crippen LogP contribution in [0, 0.1) is 0 Å². The van der Waals surface area contributed by atoms with E-state index in [9.17, 15) is 9.59 Å². The highest BCUT2D eigenvalue weighted by atomic mass is 79.9. The van der Waals surface area contributed by atoms with Gasteiger partial charge in [0, 0.05) is 6.54 Å². The normalized spacial score (nSPS) is 15.1. The molecule has 0 aliphatic carbocycles. The molecule has 0 saturated carbocycles. The Bertz CT molecular complexity index is 1460. The van der Waals surface area contributed by atoms with Crippen molar-refractivity contribution < 1.29 is 27.8 Å². The predicted molar refractivity (Wildman–Crippen MR) is 131 cm³/mol. The van der Waals surface area contributed by atoms with Crippen molar-refractivity contribution in [1.82, 2.24) is 4.90 Å². The molecule has 2 aromatic heterocycles. The van der Waals surface area contributed by atoms with Crippen LogP contribution in [0.5, 0.6) is 17.2 Å². The Morgan fingerprint density at radius 2 is 1.80 bits per heavy atom. The fourth-order valence-electron chi connectivity index (χ4n) is 4.39. The first-order chi connectivity index (χ1) is 17.0. The fourth-order valence-corrected chi connectivity index (χ4v) is 4.70. The second kappa shape index (κ2) is 9.50. The quantitative estimate of drug-likeness (QED) is 0.319. The van der Waals surface area contributed by atoms with Gasteiger partial charge in [0.1, 0.15) is 17.9 Å². The third-order valence-corrected chi connectivity index (χ3v) is 6.48. The minimum absolute atomic E-state index is 0.101. The van der Waals surface area contributed by atoms with E-state index < -0.39 is 11.7 Å². The largest absolute Gasteiger partial charge is 0.493 e. The smallest absolute Gasteiger partial charge is 0.339 e. The summed E-state index contributed by atoms with van der Waals surface area (Å²) in [5, 5.41) is 0.670. The van der Waals surface area contributed by atoms with Crippen molar-refractivity contribution in [2.24, 2.45) is 0 Å². The van der Waals surface area contributed by atoms with Gasteiger partial charge in [0.05, 0.1) is 31.7 Å². The van der Waals surface area contributed by atoms with Crippen molar-refractivity contribution in [2.75, 3.05) is 27.4 Å². The maximum atomic E-state index is 13.4. The van der Waals surface area contributed by atoms with Crippen molar-refractivity contribution in [3.05, 3.63) is 86.6 Å². The van der Waals surface area contributed by atoms with Crippen molar-refractivity contribution in [1.29, 1.82) is 0 Å². The third kappa shape index (κ3) is 4.39. The molecule has 35 heavy (non-hydrogen) atoms. The van der Waals surface area contributed by atoms with E-state index in [4.69, 9.17) is 23.0 Å². The summed E-state index contributed by atoms with van der Waals surface area (Å²) in [6.07, 6.45) is 0.623. The van der Waals surface area contributed by atoms with E-state index in [1.807, 2.05) is 24.3 Å². The zero-order valence-electron chi connectivity index (χ0n) is 19.1. The van der Waals surface area contributed by atoms with Gasteiger partial charge < -0.3 is 27.9 Å². The van der Waals surface area contributed by atoms with Gasteiger partial charge in [0.2, 0.25) is 0 Å². The highest BCUT2D eigenvalue weighted by molar-refractivity contribution is 9.10. The lowest BCUT2D eigenvalue weighted by Crippen LogP contribution is -2.42. The highest BCUT2D eigenvalue weighted by Crippen LogP contribution is 2.39. The van der Waals surface area contributed by atoms with Crippen LogP contribution in [-0.2, 0) is 6.42 Å². The van der Waals surface area contributed by atoms with Crippen LogP contribution in [0.15, 0.2) is 72.9 Å². The number of halogens is 1. The average Bonchev–Trinajstić information content (AvgIpc) is 3.31. The molecule has 1 aliphatic rings. The first-order valence-electron chi connectivity index (χ1n) is 10.9. The van der Waals surface area contributed by atoms with E-state index in [0.717, 1.165) is 11.1 Å². The molecule has 0 N–H and O–H groups in total. The Morgan fingerprint density at radius 1 is 1.03 bits per heavy atom. The molecule has 4 aromatic rings. The van der Waals surface area contributed by atoms with Gasteiger partial charge in [-0.25, -0.2) is 4.79 Å². The van der Waals surface area contributed by atoms with Crippen LogP contribution >= 0.6 is 15.9 Å². The minimum atomic E-state index is -0.512. The topological polar surface area (TPSA) is 91.4 Å². The van der Waals surface area contributed by atoms with Gasteiger partial charge in [0.15, 0.2) is 21.9 Å². The standard InChI is InChI=1S/C26H22BrNO7/c1-31-22-11-15-9-10-28(26(30)20-7-8-24(27)34-20)18(17(15)12-23(22)32-2)14-33-21-13-25(29)35-19-6-4-3-5-16(19)21/h3-8,11-13,18H,9-10,14H2,1-2H3. The van der Waals surface area contributed by atoms with Gasteiger partial charge in [-0.2, -0.15) is 0 Å². The number of carbonyl (C=O) groups excluding carboxylic acids is 1. The molecular formula is C26H22BrNO7. The van der Waals surface area contributed by atoms with E-state index in [0.29, 0.717) is 45.9 Å². The monoisotopic (exact) mass is 539 g/mol. The number of fused-ring (bicyclic) bond motifs is 2. The van der Waals surface area contributed by atoms with Crippen LogP contribution < -0.4 is 19.8 Å². The van der Waals surface area contributed by atoms with Gasteiger partial charge in [0.25, 0.3) is 5.91 Å². The number of furan rings is 1. The van der Waals surface area contributed by atoms with Crippen molar-refractivity contribution in [3.8, 4) is 17.2 Å². The predicted octanol–water partition coefficient (Wildman–Crippen LogP) is 4.98. The molecule has 5 rings (SSSR count). The number of methoxy groups -OCH3 is 2. The molecule has 0 fully saturated rings. The molecule has 1 amide bonds. The molecule has 180 valence electrons. The lowest BCUT2D eigenvalue weighted by molar-refractivity contribution is 0.0557. The van der Waals surface area contributed by atoms with Gasteiger partial charge in [-0.15, -0.1) is 0 Å². The summed E-state index contributed by atoms with van der Waals surface area (Å²) in [4.78, 5) is 27.2. The first kappa shape index (κ1) is 23.0. The van der Waals surface area contributed by atoms with Crippen LogP contribution in [0.3, 0.4) is 0 Å². The number of hydrogen-bond acceptors (Lipinski definition) is 7. The molecule has 0 bridgehead atoms. The van der Waals surface area contributed by atoms with E-state index in [1.54, 1.807) is 43.4 Å². The van der Waals surface area contributed by atoms with E-state index in [1.165, 1.54) is 6.07 Å². The molecule has 1 aliphatic heterocycles. The number of para-hydroxylation sites is 1. The molecule has 0 saturated heterocycles. The maximum absolute atomic E-state index is 13.4. The highest BCUT2D eigenvalue weighted by Gasteiger charge is 2.34. The Labute approximate surface area is 209 Å². The number of nitrogens with zero attached hydrogens (tertiary/aromatic N) is 1. The van der Waals surface area contributed by atoms with Crippen LogP contribution in [0.4, 0.5) is 0 Å². The molecule has 8 nitrogen and oxygen atoms in total. The van der Waals surface area contributed by atoms with Crippen molar-refractivity contribution in [2.45, 2.75) is 12.5 Å². The molecule has 2 aromatic carbocycles. The number of hydrogen-bond donors (Lipinski definition) is 0. The zero-order valence-corrected chi connectivity index (χ0v) is 20.7. The maximum Gasteiger partial charge on any atom is 0.339 e. The average molecular weight is 540 g/mol. The fraction of sp³-hybridized carbons (Fsp3) is 0.231. The van der Waals surface area contributed by atoms with Crippen molar-refractivity contribution in [3.63, 3.8) is 0 Å². The first-order valence-corrected chi connectivity index (χ1v) is 11.7. The lowest BCUT2D eigenvalue weighted by atomic mass is 9.92. The summed E-state index contributed by atoms with van der Waals surface area (Å²) in [6, 6.07) is 15.1. The van der Waals surface area contributed by atoms with Gasteiger partial charge >= 0.3 is 5.63 Å². The van der Waals surface area contributed by atoms with E-state index >= 15 is 0 Å². The summed E-state index contributed by atoms with van der Waals surface area (Å²) in [5.41, 5.74) is 1.82. The molecule has 3 heterocycles. The van der Waals surface area contributed by atoms with E-state index in [-0.39, 0.29) is 18.3 Å². The Kier molecular flexibility index (Phi) is 6.25. The summed E-state index contributed by atoms with van der Waals surface area (Å²) in [5.74, 6) is 1.51. The summed E-state index contributed by atoms with van der Waals surface area (Å²) in [6.45, 7) is 0.550. The minimum Gasteiger partial charge on any atom is -0.493 e. The zero-order chi connectivity index (χ0) is 24.5. The Morgan fingerprint density at radius 3 is 2.54 bits per heavy atom. The second-order valence-corrected chi connectivity index (χ2v) is 8.79. The second-order valence-electron chi connectivity index (χ2n) is 8.01. The summed E-state index contributed by atoms with van der Waals surface area (Å²) in [7, 11) is 3.15. The molecule has 0 spiro atoms.